The first-order chi connectivity index (χ1) is 12.2. The Balaban J connectivity index is 2.02. The number of halogens is 1. The molecule has 0 unspecified atom stereocenters. The van der Waals surface area contributed by atoms with Gasteiger partial charge in [0.25, 0.3) is 0 Å². The average Bonchev–Trinajstić information content (AvgIpc) is 2.65. The van der Waals surface area contributed by atoms with Crippen molar-refractivity contribution >= 4 is 21.6 Å². The van der Waals surface area contributed by atoms with Gasteiger partial charge in [0.1, 0.15) is 0 Å². The molecule has 1 aromatic heterocycles. The maximum atomic E-state index is 9.57. The van der Waals surface area contributed by atoms with E-state index in [0.717, 1.165) is 10.0 Å². The lowest BCUT2D eigenvalue weighted by Gasteiger charge is -2.21. The molecular weight excluding hydrogens is 378 g/mol. The molecule has 0 spiro atoms. The smallest absolute Gasteiger partial charge is 0.0893 e. The molecule has 0 bridgehead atoms. The third-order valence-corrected chi connectivity index (χ3v) is 4.80. The highest BCUT2D eigenvalue weighted by molar-refractivity contribution is 9.10. The highest BCUT2D eigenvalue weighted by Gasteiger charge is 2.20. The number of hydrogen-bond acceptors (Lipinski definition) is 4. The van der Waals surface area contributed by atoms with Crippen molar-refractivity contribution in [2.45, 2.75) is 19.3 Å². The van der Waals surface area contributed by atoms with Crippen LogP contribution in [0.4, 0.5) is 0 Å². The molecule has 0 saturated heterocycles. The molecule has 2 aromatic carbocycles. The SMILES string of the molecule is Cc1ccccc1[C@H](CC(=NO)c1ccnnc1)c1ccc(Br)cc1. The van der Waals surface area contributed by atoms with E-state index in [0.29, 0.717) is 12.1 Å². The third-order valence-electron chi connectivity index (χ3n) is 4.27. The first kappa shape index (κ1) is 17.3. The van der Waals surface area contributed by atoms with E-state index < -0.39 is 0 Å². The van der Waals surface area contributed by atoms with E-state index in [9.17, 15) is 5.21 Å². The Kier molecular flexibility index (Phi) is 5.56. The van der Waals surface area contributed by atoms with Crippen LogP contribution in [0, 0.1) is 6.92 Å². The Bertz CT molecular complexity index is 864. The Morgan fingerprint density at radius 2 is 1.84 bits per heavy atom. The largest absolute Gasteiger partial charge is 0.411 e. The van der Waals surface area contributed by atoms with E-state index in [2.05, 4.69) is 62.5 Å². The zero-order valence-electron chi connectivity index (χ0n) is 13.8. The average molecular weight is 396 g/mol. The van der Waals surface area contributed by atoms with E-state index >= 15 is 0 Å². The first-order valence-corrected chi connectivity index (χ1v) is 8.77. The fraction of sp³-hybridized carbons (Fsp3) is 0.150. The summed E-state index contributed by atoms with van der Waals surface area (Å²) in [5.41, 5.74) is 4.95. The Labute approximate surface area is 155 Å². The lowest BCUT2D eigenvalue weighted by atomic mass is 9.84. The Morgan fingerprint density at radius 1 is 1.08 bits per heavy atom. The summed E-state index contributed by atoms with van der Waals surface area (Å²) in [5.74, 6) is 0.0772. The maximum Gasteiger partial charge on any atom is 0.0893 e. The van der Waals surface area contributed by atoms with E-state index in [4.69, 9.17) is 0 Å². The first-order valence-electron chi connectivity index (χ1n) is 7.98. The second-order valence-corrected chi connectivity index (χ2v) is 6.76. The molecule has 0 aliphatic rings. The topological polar surface area (TPSA) is 58.4 Å². The Hall–Kier alpha value is -2.53. The van der Waals surface area contributed by atoms with Crippen molar-refractivity contribution < 1.29 is 5.21 Å². The van der Waals surface area contributed by atoms with Crippen LogP contribution in [0.25, 0.3) is 0 Å². The van der Waals surface area contributed by atoms with Gasteiger partial charge < -0.3 is 5.21 Å². The van der Waals surface area contributed by atoms with Crippen LogP contribution in [0.15, 0.2) is 76.6 Å². The lowest BCUT2D eigenvalue weighted by molar-refractivity contribution is 0.317. The van der Waals surface area contributed by atoms with Crippen molar-refractivity contribution in [1.29, 1.82) is 0 Å². The summed E-state index contributed by atoms with van der Waals surface area (Å²) in [7, 11) is 0. The van der Waals surface area contributed by atoms with Crippen LogP contribution in [-0.2, 0) is 0 Å². The zero-order valence-corrected chi connectivity index (χ0v) is 15.4. The van der Waals surface area contributed by atoms with E-state index in [-0.39, 0.29) is 5.92 Å². The van der Waals surface area contributed by atoms with Crippen LogP contribution in [-0.4, -0.2) is 21.1 Å². The van der Waals surface area contributed by atoms with Gasteiger partial charge >= 0.3 is 0 Å². The second kappa shape index (κ2) is 8.03. The molecule has 0 saturated carbocycles. The lowest BCUT2D eigenvalue weighted by Crippen LogP contribution is -2.12. The molecule has 1 N–H and O–H groups in total. The van der Waals surface area contributed by atoms with E-state index in [1.807, 2.05) is 24.3 Å². The molecule has 0 fully saturated rings. The highest BCUT2D eigenvalue weighted by atomic mass is 79.9. The van der Waals surface area contributed by atoms with Gasteiger partial charge in [0, 0.05) is 22.4 Å². The monoisotopic (exact) mass is 395 g/mol. The van der Waals surface area contributed by atoms with Crippen molar-refractivity contribution in [3.8, 4) is 0 Å². The van der Waals surface area contributed by atoms with Gasteiger partial charge in [-0.1, -0.05) is 57.5 Å². The number of nitrogens with zero attached hydrogens (tertiary/aromatic N) is 3. The molecule has 3 rings (SSSR count). The molecule has 1 heterocycles. The predicted octanol–water partition coefficient (Wildman–Crippen LogP) is 4.95. The van der Waals surface area contributed by atoms with Crippen molar-refractivity contribution in [3.05, 3.63) is 93.7 Å². The minimum Gasteiger partial charge on any atom is -0.411 e. The van der Waals surface area contributed by atoms with E-state index in [1.165, 1.54) is 16.7 Å². The molecule has 0 aliphatic carbocycles. The number of aromatic nitrogens is 2. The minimum absolute atomic E-state index is 0.0772. The van der Waals surface area contributed by atoms with Gasteiger partial charge in [0.2, 0.25) is 0 Å². The summed E-state index contributed by atoms with van der Waals surface area (Å²) >= 11 is 3.49. The predicted molar refractivity (Wildman–Crippen MR) is 102 cm³/mol. The summed E-state index contributed by atoms with van der Waals surface area (Å²) in [4.78, 5) is 0. The van der Waals surface area contributed by atoms with Crippen LogP contribution in [0.3, 0.4) is 0 Å². The van der Waals surface area contributed by atoms with Crippen molar-refractivity contribution in [2.75, 3.05) is 0 Å². The molecule has 25 heavy (non-hydrogen) atoms. The number of rotatable bonds is 5. The quantitative estimate of drug-likeness (QED) is 0.377. The summed E-state index contributed by atoms with van der Waals surface area (Å²) < 4.78 is 1.04. The summed E-state index contributed by atoms with van der Waals surface area (Å²) in [6, 6.07) is 18.4. The molecule has 1 atom stereocenters. The maximum absolute atomic E-state index is 9.57. The number of aryl methyl sites for hydroxylation is 1. The zero-order chi connectivity index (χ0) is 17.6. The van der Waals surface area contributed by atoms with Crippen LogP contribution >= 0.6 is 15.9 Å². The van der Waals surface area contributed by atoms with Crippen molar-refractivity contribution in [1.82, 2.24) is 10.2 Å². The molecule has 0 amide bonds. The normalized spacial score (nSPS) is 12.8. The van der Waals surface area contributed by atoms with Gasteiger partial charge in [-0.05, 0) is 41.8 Å². The van der Waals surface area contributed by atoms with Crippen LogP contribution in [0.2, 0.25) is 0 Å². The second-order valence-electron chi connectivity index (χ2n) is 5.84. The fourth-order valence-electron chi connectivity index (χ4n) is 2.95. The number of benzene rings is 2. The fourth-order valence-corrected chi connectivity index (χ4v) is 3.22. The summed E-state index contributed by atoms with van der Waals surface area (Å²) in [6.45, 7) is 2.10. The van der Waals surface area contributed by atoms with Gasteiger partial charge in [-0.2, -0.15) is 10.2 Å². The molecule has 126 valence electrons. The van der Waals surface area contributed by atoms with Gasteiger partial charge in [-0.15, -0.1) is 0 Å². The molecule has 0 aliphatic heterocycles. The standard InChI is InChI=1S/C20H18BrN3O/c1-14-4-2-3-5-18(14)19(15-6-8-17(21)9-7-15)12-20(24-25)16-10-11-22-23-13-16/h2-11,13,19,25H,12H2,1H3/t19-/m1/s1. The van der Waals surface area contributed by atoms with Crippen LogP contribution < -0.4 is 0 Å². The highest BCUT2D eigenvalue weighted by Crippen LogP contribution is 2.32. The van der Waals surface area contributed by atoms with Gasteiger partial charge in [0.05, 0.1) is 18.1 Å². The number of oxime groups is 1. The third kappa shape index (κ3) is 4.12. The molecule has 3 aromatic rings. The summed E-state index contributed by atoms with van der Waals surface area (Å²) in [6.07, 6.45) is 3.78. The van der Waals surface area contributed by atoms with Crippen LogP contribution in [0.5, 0.6) is 0 Å². The molecular formula is C20H18BrN3O. The molecule has 4 nitrogen and oxygen atoms in total. The minimum atomic E-state index is 0.0772. The molecule has 0 radical (unpaired) electrons. The van der Waals surface area contributed by atoms with Crippen molar-refractivity contribution in [3.63, 3.8) is 0 Å². The van der Waals surface area contributed by atoms with Crippen molar-refractivity contribution in [2.24, 2.45) is 5.16 Å². The Morgan fingerprint density at radius 3 is 2.48 bits per heavy atom. The van der Waals surface area contributed by atoms with Gasteiger partial charge in [0.15, 0.2) is 0 Å². The van der Waals surface area contributed by atoms with E-state index in [1.54, 1.807) is 18.5 Å². The molecule has 5 heteroatoms. The number of hydrogen-bond donors (Lipinski definition) is 1. The van der Waals surface area contributed by atoms with Gasteiger partial charge in [-0.3, -0.25) is 0 Å². The summed E-state index contributed by atoms with van der Waals surface area (Å²) in [5, 5.41) is 20.8. The van der Waals surface area contributed by atoms with Gasteiger partial charge in [-0.25, -0.2) is 0 Å². The van der Waals surface area contributed by atoms with Crippen LogP contribution in [0.1, 0.15) is 34.6 Å².